The maximum atomic E-state index is 12.9. The van der Waals surface area contributed by atoms with Crippen molar-refractivity contribution in [2.45, 2.75) is 20.8 Å². The summed E-state index contributed by atoms with van der Waals surface area (Å²) in [6.07, 6.45) is 1.69. The number of benzene rings is 1. The van der Waals surface area contributed by atoms with Crippen molar-refractivity contribution in [1.29, 1.82) is 0 Å². The Balaban J connectivity index is 1.68. The van der Waals surface area contributed by atoms with E-state index in [0.29, 0.717) is 17.0 Å². The van der Waals surface area contributed by atoms with Gasteiger partial charge in [0, 0.05) is 18.0 Å². The average molecular weight is 389 g/mol. The first-order chi connectivity index (χ1) is 13.9. The molecular formula is C21H19N5O3. The lowest BCUT2D eigenvalue weighted by Gasteiger charge is -2.08. The van der Waals surface area contributed by atoms with Crippen LogP contribution in [-0.4, -0.2) is 26.4 Å². The molecular weight excluding hydrogens is 370 g/mol. The number of fused-ring (bicyclic) bond motifs is 1. The highest BCUT2D eigenvalue weighted by molar-refractivity contribution is 6.10. The topological polar surface area (TPSA) is 102 Å². The van der Waals surface area contributed by atoms with Gasteiger partial charge in [-0.25, -0.2) is 4.98 Å². The minimum Gasteiger partial charge on any atom is -0.360 e. The van der Waals surface area contributed by atoms with E-state index in [-0.39, 0.29) is 17.3 Å². The molecule has 0 bridgehead atoms. The molecule has 0 fully saturated rings. The van der Waals surface area contributed by atoms with E-state index >= 15 is 0 Å². The van der Waals surface area contributed by atoms with Crippen molar-refractivity contribution >= 4 is 28.8 Å². The minimum atomic E-state index is -0.479. The minimum absolute atomic E-state index is 0.113. The second-order valence-electron chi connectivity index (χ2n) is 6.79. The Hall–Kier alpha value is -3.94. The third kappa shape index (κ3) is 3.60. The highest BCUT2D eigenvalue weighted by Crippen LogP contribution is 2.19. The third-order valence-corrected chi connectivity index (χ3v) is 4.47. The summed E-state index contributed by atoms with van der Waals surface area (Å²) in [5.41, 5.74) is 3.37. The number of imidazole rings is 1. The maximum Gasteiger partial charge on any atom is 0.292 e. The predicted molar refractivity (Wildman–Crippen MR) is 108 cm³/mol. The Morgan fingerprint density at radius 2 is 1.83 bits per heavy atom. The molecule has 0 radical (unpaired) electrons. The average Bonchev–Trinajstić information content (AvgIpc) is 3.27. The molecule has 2 N–H and O–H groups in total. The molecule has 0 aliphatic carbocycles. The lowest BCUT2D eigenvalue weighted by atomic mass is 10.1. The van der Waals surface area contributed by atoms with Gasteiger partial charge < -0.3 is 15.2 Å². The first kappa shape index (κ1) is 18.4. The zero-order valence-corrected chi connectivity index (χ0v) is 16.2. The number of hydrogen-bond acceptors (Lipinski definition) is 5. The lowest BCUT2D eigenvalue weighted by molar-refractivity contribution is 0.101. The van der Waals surface area contributed by atoms with Crippen LogP contribution >= 0.6 is 0 Å². The molecule has 4 aromatic rings. The molecule has 0 atom stereocenters. The number of rotatable bonds is 4. The van der Waals surface area contributed by atoms with Crippen LogP contribution in [0.2, 0.25) is 0 Å². The van der Waals surface area contributed by atoms with E-state index in [1.165, 1.54) is 0 Å². The number of carbonyl (C=O) groups is 2. The van der Waals surface area contributed by atoms with Crippen LogP contribution in [0.25, 0.3) is 5.52 Å². The van der Waals surface area contributed by atoms with Gasteiger partial charge in [-0.05, 0) is 44.5 Å². The largest absolute Gasteiger partial charge is 0.360 e. The van der Waals surface area contributed by atoms with Gasteiger partial charge in [0.1, 0.15) is 5.76 Å². The van der Waals surface area contributed by atoms with Crippen LogP contribution in [0.1, 0.15) is 38.0 Å². The second-order valence-corrected chi connectivity index (χ2v) is 6.79. The first-order valence-corrected chi connectivity index (χ1v) is 9.03. The molecule has 29 heavy (non-hydrogen) atoms. The predicted octanol–water partition coefficient (Wildman–Crippen LogP) is 3.75. The molecule has 8 heteroatoms. The molecule has 0 aliphatic rings. The number of amides is 2. The molecule has 2 amide bonds. The monoisotopic (exact) mass is 389 g/mol. The number of pyridine rings is 1. The number of anilines is 2. The Labute approximate surface area is 166 Å². The summed E-state index contributed by atoms with van der Waals surface area (Å²) in [4.78, 5) is 29.9. The zero-order valence-electron chi connectivity index (χ0n) is 16.2. The van der Waals surface area contributed by atoms with Crippen LogP contribution < -0.4 is 10.6 Å². The summed E-state index contributed by atoms with van der Waals surface area (Å²) < 4.78 is 6.55. The van der Waals surface area contributed by atoms with Crippen molar-refractivity contribution in [3.63, 3.8) is 0 Å². The molecule has 0 saturated heterocycles. The molecule has 1 aromatic carbocycles. The molecule has 0 spiro atoms. The van der Waals surface area contributed by atoms with Crippen molar-refractivity contribution < 1.29 is 14.1 Å². The van der Waals surface area contributed by atoms with Crippen LogP contribution in [-0.2, 0) is 0 Å². The maximum absolute atomic E-state index is 12.9. The van der Waals surface area contributed by atoms with Crippen molar-refractivity contribution in [3.05, 3.63) is 77.1 Å². The fraction of sp³-hybridized carbons (Fsp3) is 0.143. The first-order valence-electron chi connectivity index (χ1n) is 9.03. The van der Waals surface area contributed by atoms with Crippen LogP contribution in [0.15, 0.2) is 53.2 Å². The molecule has 146 valence electrons. The number of aromatic nitrogens is 3. The van der Waals surface area contributed by atoms with E-state index in [1.807, 2.05) is 32.0 Å². The van der Waals surface area contributed by atoms with Gasteiger partial charge in [0.05, 0.1) is 5.52 Å². The van der Waals surface area contributed by atoms with Crippen molar-refractivity contribution in [1.82, 2.24) is 14.5 Å². The van der Waals surface area contributed by atoms with Crippen LogP contribution in [0, 0.1) is 20.8 Å². The van der Waals surface area contributed by atoms with Gasteiger partial charge in [-0.2, -0.15) is 0 Å². The molecule has 3 aromatic heterocycles. The standard InChI is InChI=1S/C21H19N5O3/c1-12-7-8-15(13(2)10-12)22-21(28)19-24-18(16-6-4-5-9-26(16)19)20(27)23-17-11-14(3)29-25-17/h4-11H,1-3H3,(H,22,28)(H,23,25,27). The fourth-order valence-electron chi connectivity index (χ4n) is 3.10. The van der Waals surface area contributed by atoms with Gasteiger partial charge in [0.25, 0.3) is 11.8 Å². The smallest absolute Gasteiger partial charge is 0.292 e. The molecule has 0 unspecified atom stereocenters. The van der Waals surface area contributed by atoms with E-state index in [0.717, 1.165) is 11.1 Å². The zero-order chi connectivity index (χ0) is 20.5. The number of nitrogens with zero attached hydrogens (tertiary/aromatic N) is 3. The highest BCUT2D eigenvalue weighted by atomic mass is 16.5. The number of hydrogen-bond donors (Lipinski definition) is 2. The Bertz CT molecular complexity index is 1240. The Kier molecular flexibility index (Phi) is 4.59. The summed E-state index contributed by atoms with van der Waals surface area (Å²) in [5.74, 6) is 0.0819. The molecule has 4 rings (SSSR count). The van der Waals surface area contributed by atoms with Crippen molar-refractivity contribution in [2.75, 3.05) is 10.6 Å². The van der Waals surface area contributed by atoms with Crippen LogP contribution in [0.5, 0.6) is 0 Å². The van der Waals surface area contributed by atoms with E-state index in [4.69, 9.17) is 4.52 Å². The summed E-state index contributed by atoms with van der Waals surface area (Å²) in [5, 5.41) is 9.26. The van der Waals surface area contributed by atoms with Crippen LogP contribution in [0.4, 0.5) is 11.5 Å². The summed E-state index contributed by atoms with van der Waals surface area (Å²) in [6.45, 7) is 5.64. The molecule has 0 saturated carbocycles. The number of nitrogens with one attached hydrogen (secondary N) is 2. The van der Waals surface area contributed by atoms with E-state index in [9.17, 15) is 9.59 Å². The van der Waals surface area contributed by atoms with Crippen LogP contribution in [0.3, 0.4) is 0 Å². The lowest BCUT2D eigenvalue weighted by Crippen LogP contribution is -2.17. The van der Waals surface area contributed by atoms with Gasteiger partial charge in [0.15, 0.2) is 11.5 Å². The molecule has 3 heterocycles. The van der Waals surface area contributed by atoms with Gasteiger partial charge in [0.2, 0.25) is 5.82 Å². The quantitative estimate of drug-likeness (QED) is 0.553. The molecule has 0 aliphatic heterocycles. The number of aryl methyl sites for hydroxylation is 3. The van der Waals surface area contributed by atoms with Gasteiger partial charge in [-0.15, -0.1) is 0 Å². The summed E-state index contributed by atoms with van der Waals surface area (Å²) in [7, 11) is 0. The van der Waals surface area contributed by atoms with Gasteiger partial charge in [-0.1, -0.05) is 28.9 Å². The number of carbonyl (C=O) groups excluding carboxylic acids is 2. The Morgan fingerprint density at radius 1 is 1.00 bits per heavy atom. The normalized spacial score (nSPS) is 10.9. The SMILES string of the molecule is Cc1ccc(NC(=O)c2nc(C(=O)Nc3cc(C)on3)c3ccccn23)c(C)c1. The third-order valence-electron chi connectivity index (χ3n) is 4.47. The summed E-state index contributed by atoms with van der Waals surface area (Å²) >= 11 is 0. The second kappa shape index (κ2) is 7.23. The summed E-state index contributed by atoms with van der Waals surface area (Å²) in [6, 6.07) is 12.6. The van der Waals surface area contributed by atoms with Gasteiger partial charge in [-0.3, -0.25) is 14.0 Å². The van der Waals surface area contributed by atoms with E-state index < -0.39 is 11.8 Å². The van der Waals surface area contributed by atoms with Crippen molar-refractivity contribution in [2.24, 2.45) is 0 Å². The van der Waals surface area contributed by atoms with Gasteiger partial charge >= 0.3 is 0 Å². The van der Waals surface area contributed by atoms with E-state index in [1.54, 1.807) is 41.8 Å². The Morgan fingerprint density at radius 3 is 2.55 bits per heavy atom. The van der Waals surface area contributed by atoms with E-state index in [2.05, 4.69) is 20.8 Å². The highest BCUT2D eigenvalue weighted by Gasteiger charge is 2.22. The molecule has 8 nitrogen and oxygen atoms in total. The fourth-order valence-corrected chi connectivity index (χ4v) is 3.10. The van der Waals surface area contributed by atoms with Crippen molar-refractivity contribution in [3.8, 4) is 0 Å².